The topological polar surface area (TPSA) is 93.0 Å². The van der Waals surface area contributed by atoms with E-state index in [1.165, 1.54) is 10.4 Å². The fourth-order valence-electron chi connectivity index (χ4n) is 5.62. The summed E-state index contributed by atoms with van der Waals surface area (Å²) in [6.45, 7) is 9.28. The van der Waals surface area contributed by atoms with Crippen molar-refractivity contribution in [2.75, 3.05) is 18.5 Å². The number of nitrogens with zero attached hydrogens (tertiary/aromatic N) is 4. The van der Waals surface area contributed by atoms with Gasteiger partial charge in [-0.25, -0.2) is 15.0 Å². The molecule has 2 heterocycles. The van der Waals surface area contributed by atoms with E-state index in [9.17, 15) is 5.26 Å². The lowest BCUT2D eigenvalue weighted by molar-refractivity contribution is 0.206. The van der Waals surface area contributed by atoms with E-state index in [0.717, 1.165) is 5.56 Å². The Balaban J connectivity index is 1.42. The minimum absolute atomic E-state index is 0.0825. The zero-order chi connectivity index (χ0) is 31.3. The van der Waals surface area contributed by atoms with Gasteiger partial charge in [-0.3, -0.25) is 0 Å². The molecule has 1 atom stereocenters. The van der Waals surface area contributed by atoms with Crippen molar-refractivity contribution in [1.29, 1.82) is 5.26 Å². The first-order valence-electron chi connectivity index (χ1n) is 14.3. The maximum Gasteiger partial charge on any atom is 0.261 e. The third kappa shape index (κ3) is 6.42. The van der Waals surface area contributed by atoms with Crippen LogP contribution in [0.3, 0.4) is 0 Å². The number of para-hydroxylation sites is 1. The summed E-state index contributed by atoms with van der Waals surface area (Å²) in [6.07, 6.45) is 1.55. The van der Waals surface area contributed by atoms with E-state index in [-0.39, 0.29) is 23.0 Å². The van der Waals surface area contributed by atoms with Crippen LogP contribution in [0.5, 0.6) is 5.75 Å². The van der Waals surface area contributed by atoms with E-state index in [4.69, 9.17) is 32.4 Å². The quantitative estimate of drug-likeness (QED) is 0.0738. The summed E-state index contributed by atoms with van der Waals surface area (Å²) in [5, 5.41) is 16.7. The number of nitrogens with one attached hydrogen (secondary N) is 1. The van der Waals surface area contributed by atoms with Gasteiger partial charge in [0.25, 0.3) is 8.32 Å². The molecule has 5 aromatic rings. The van der Waals surface area contributed by atoms with Gasteiger partial charge in [0, 0.05) is 10.9 Å². The number of fused-ring (bicyclic) bond motifs is 1. The van der Waals surface area contributed by atoms with Crippen LogP contribution < -0.4 is 20.4 Å². The number of nitriles is 1. The lowest BCUT2D eigenvalue weighted by Gasteiger charge is -2.43. The van der Waals surface area contributed by atoms with Gasteiger partial charge < -0.3 is 14.5 Å². The van der Waals surface area contributed by atoms with Crippen LogP contribution in [0.1, 0.15) is 44.9 Å². The van der Waals surface area contributed by atoms with Crippen molar-refractivity contribution in [3.63, 3.8) is 0 Å². The fourth-order valence-corrected chi connectivity index (χ4v) is 10.5. The first-order chi connectivity index (χ1) is 21.1. The van der Waals surface area contributed by atoms with Crippen molar-refractivity contribution in [2.45, 2.75) is 38.8 Å². The third-order valence-corrected chi connectivity index (χ3v) is 13.0. The first-order valence-corrected chi connectivity index (χ1v) is 17.0. The number of benzene rings is 3. The van der Waals surface area contributed by atoms with Crippen molar-refractivity contribution >= 4 is 58.6 Å². The number of ether oxygens (including phenoxy) is 1. The molecule has 0 fully saturated rings. The highest BCUT2D eigenvalue weighted by Gasteiger charge is 2.50. The van der Waals surface area contributed by atoms with Crippen LogP contribution in [0.4, 0.5) is 5.82 Å². The maximum absolute atomic E-state index is 9.98. The number of pyridine rings is 1. The van der Waals surface area contributed by atoms with Crippen molar-refractivity contribution in [3.05, 3.63) is 113 Å². The number of rotatable bonds is 10. The van der Waals surface area contributed by atoms with E-state index >= 15 is 0 Å². The van der Waals surface area contributed by atoms with E-state index < -0.39 is 8.32 Å². The molecule has 0 saturated carbocycles. The summed E-state index contributed by atoms with van der Waals surface area (Å²) in [5.74, 6) is 0.991. The number of halogens is 2. The van der Waals surface area contributed by atoms with Crippen LogP contribution in [0.2, 0.25) is 15.5 Å². The zero-order valence-electron chi connectivity index (χ0n) is 25.0. The van der Waals surface area contributed by atoms with E-state index in [0.29, 0.717) is 39.8 Å². The smallest absolute Gasteiger partial charge is 0.261 e. The molecule has 0 amide bonds. The maximum atomic E-state index is 9.98. The first kappa shape index (κ1) is 31.4. The molecule has 10 heteroatoms. The van der Waals surface area contributed by atoms with Gasteiger partial charge in [-0.1, -0.05) is 105 Å². The molecule has 1 N–H and O–H groups in total. The summed E-state index contributed by atoms with van der Waals surface area (Å²) in [5.41, 5.74) is 1.78. The Morgan fingerprint density at radius 1 is 0.909 bits per heavy atom. The van der Waals surface area contributed by atoms with Gasteiger partial charge in [0.2, 0.25) is 5.28 Å². The molecule has 0 bridgehead atoms. The van der Waals surface area contributed by atoms with Crippen LogP contribution in [-0.4, -0.2) is 36.5 Å². The van der Waals surface area contributed by atoms with Gasteiger partial charge in [-0.15, -0.1) is 0 Å². The molecule has 2 aromatic heterocycles. The van der Waals surface area contributed by atoms with Crippen LogP contribution in [-0.2, 0) is 4.43 Å². The van der Waals surface area contributed by atoms with E-state index in [1.807, 2.05) is 31.2 Å². The van der Waals surface area contributed by atoms with Gasteiger partial charge in [-0.2, -0.15) is 5.26 Å². The van der Waals surface area contributed by atoms with Crippen LogP contribution in [0.25, 0.3) is 10.9 Å². The number of aromatic nitrogens is 3. The average Bonchev–Trinajstić information content (AvgIpc) is 3.01. The van der Waals surface area contributed by atoms with Gasteiger partial charge >= 0.3 is 0 Å². The highest BCUT2D eigenvalue weighted by molar-refractivity contribution is 6.99. The predicted molar refractivity (Wildman–Crippen MR) is 180 cm³/mol. The average molecular weight is 643 g/mol. The third-order valence-electron chi connectivity index (χ3n) is 7.57. The molecular formula is C34H33Cl2N5O2Si. The Bertz CT molecular complexity index is 1750. The summed E-state index contributed by atoms with van der Waals surface area (Å²) < 4.78 is 13.4. The van der Waals surface area contributed by atoms with Crippen molar-refractivity contribution in [3.8, 4) is 11.8 Å². The summed E-state index contributed by atoms with van der Waals surface area (Å²) in [6, 6.07) is 30.1. The largest absolute Gasteiger partial charge is 0.489 e. The standard InChI is InChI=1S/C34H33Cl2N5O2Si/c1-23(39-32-28-20-30(35)38-22-29(28)40-33(36)41-32)27-17-11-12-24(21-37)31(27)42-18-19-43-44(34(2,3)4,25-13-7-5-8-14-25)26-15-9-6-10-16-26/h5-17,20,22-23H,18-19H2,1-4H3,(H,39,40,41)/t23-/m1/s1. The highest BCUT2D eigenvalue weighted by atomic mass is 35.5. The number of hydrogen-bond acceptors (Lipinski definition) is 7. The molecule has 224 valence electrons. The Kier molecular flexibility index (Phi) is 9.52. The fraction of sp³-hybridized carbons (Fsp3) is 0.235. The Labute approximate surface area is 269 Å². The van der Waals surface area contributed by atoms with Gasteiger partial charge in [-0.05, 0) is 46.1 Å². The molecule has 0 aliphatic rings. The van der Waals surface area contributed by atoms with Crippen LogP contribution in [0.15, 0.2) is 91.1 Å². The van der Waals surface area contributed by atoms with Crippen LogP contribution >= 0.6 is 23.2 Å². The zero-order valence-corrected chi connectivity index (χ0v) is 27.5. The monoisotopic (exact) mass is 641 g/mol. The molecule has 44 heavy (non-hydrogen) atoms. The summed E-state index contributed by atoms with van der Waals surface area (Å²) >= 11 is 12.4. The molecule has 0 saturated heterocycles. The lowest BCUT2D eigenvalue weighted by atomic mass is 10.0. The van der Waals surface area contributed by atoms with Gasteiger partial charge in [0.15, 0.2) is 0 Å². The predicted octanol–water partition coefficient (Wildman–Crippen LogP) is 7.33. The Morgan fingerprint density at radius 2 is 1.57 bits per heavy atom. The molecule has 7 nitrogen and oxygen atoms in total. The van der Waals surface area contributed by atoms with Crippen molar-refractivity contribution in [1.82, 2.24) is 15.0 Å². The molecule has 0 unspecified atom stereocenters. The summed E-state index contributed by atoms with van der Waals surface area (Å²) in [4.78, 5) is 12.7. The van der Waals surface area contributed by atoms with E-state index in [2.05, 4.69) is 95.6 Å². The number of anilines is 1. The van der Waals surface area contributed by atoms with E-state index in [1.54, 1.807) is 18.3 Å². The molecule has 5 rings (SSSR count). The lowest BCUT2D eigenvalue weighted by Crippen LogP contribution is -2.66. The normalized spacial score (nSPS) is 12.5. The Hall–Kier alpha value is -4.00. The highest BCUT2D eigenvalue weighted by Crippen LogP contribution is 2.37. The van der Waals surface area contributed by atoms with Gasteiger partial charge in [0.1, 0.15) is 29.4 Å². The molecular weight excluding hydrogens is 609 g/mol. The molecule has 0 aliphatic carbocycles. The minimum atomic E-state index is -2.73. The molecule has 3 aromatic carbocycles. The Morgan fingerprint density at radius 3 is 2.18 bits per heavy atom. The second kappa shape index (κ2) is 13.3. The number of hydrogen-bond donors (Lipinski definition) is 1. The minimum Gasteiger partial charge on any atom is -0.489 e. The second-order valence-corrected chi connectivity index (χ2v) is 16.5. The second-order valence-electron chi connectivity index (χ2n) is 11.4. The van der Waals surface area contributed by atoms with Crippen LogP contribution in [0, 0.1) is 11.3 Å². The summed E-state index contributed by atoms with van der Waals surface area (Å²) in [7, 11) is -2.73. The molecule has 0 spiro atoms. The SMILES string of the molecule is C[C@@H](Nc1nc(Cl)nc2cnc(Cl)cc12)c1cccc(C#N)c1OCCO[Si](c1ccccc1)(c1ccccc1)C(C)(C)C. The molecule has 0 aliphatic heterocycles. The van der Waals surface area contributed by atoms with Crippen molar-refractivity contribution in [2.24, 2.45) is 0 Å². The molecule has 0 radical (unpaired) electrons. The van der Waals surface area contributed by atoms with Crippen molar-refractivity contribution < 1.29 is 9.16 Å². The van der Waals surface area contributed by atoms with Gasteiger partial charge in [0.05, 0.1) is 29.9 Å².